The van der Waals surface area contributed by atoms with Crippen molar-refractivity contribution < 1.29 is 8.42 Å². The lowest BCUT2D eigenvalue weighted by Gasteiger charge is -1.98. The third-order valence-corrected chi connectivity index (χ3v) is 6.14. The zero-order valence-corrected chi connectivity index (χ0v) is 13.0. The van der Waals surface area contributed by atoms with E-state index in [1.165, 1.54) is 0 Å². The van der Waals surface area contributed by atoms with Crippen LogP contribution in [-0.4, -0.2) is 18.6 Å². The molecular formula is C14H9ClN2O2S2. The van der Waals surface area contributed by atoms with E-state index in [1.54, 1.807) is 54.6 Å². The molecule has 4 nitrogen and oxygen atoms in total. The van der Waals surface area contributed by atoms with E-state index in [4.69, 9.17) is 11.6 Å². The molecule has 0 aliphatic heterocycles. The first kappa shape index (κ1) is 14.2. The minimum Gasteiger partial charge on any atom is -0.216 e. The van der Waals surface area contributed by atoms with E-state index in [0.29, 0.717) is 10.0 Å². The molecular weight excluding hydrogens is 328 g/mol. The zero-order valence-electron chi connectivity index (χ0n) is 10.6. The maximum absolute atomic E-state index is 12.4. The number of aromatic nitrogens is 2. The van der Waals surface area contributed by atoms with Gasteiger partial charge >= 0.3 is 0 Å². The van der Waals surface area contributed by atoms with Crippen molar-refractivity contribution in [2.45, 2.75) is 9.24 Å². The third-order valence-electron chi connectivity index (χ3n) is 2.78. The first-order valence-electron chi connectivity index (χ1n) is 5.97. The van der Waals surface area contributed by atoms with Gasteiger partial charge in [0, 0.05) is 10.6 Å². The van der Waals surface area contributed by atoms with Crippen LogP contribution in [0.15, 0.2) is 63.8 Å². The Balaban J connectivity index is 2.01. The van der Waals surface area contributed by atoms with Gasteiger partial charge in [0.2, 0.25) is 14.2 Å². The lowest BCUT2D eigenvalue weighted by atomic mass is 10.2. The molecule has 0 aliphatic carbocycles. The van der Waals surface area contributed by atoms with Gasteiger partial charge in [0.05, 0.1) is 4.90 Å². The van der Waals surface area contributed by atoms with Gasteiger partial charge in [-0.15, -0.1) is 10.2 Å². The van der Waals surface area contributed by atoms with Gasteiger partial charge in [0.1, 0.15) is 5.01 Å². The van der Waals surface area contributed by atoms with Crippen LogP contribution in [0.5, 0.6) is 0 Å². The number of nitrogens with zero attached hydrogens (tertiary/aromatic N) is 2. The summed E-state index contributed by atoms with van der Waals surface area (Å²) in [7, 11) is -3.62. The first-order chi connectivity index (χ1) is 10.1. The van der Waals surface area contributed by atoms with E-state index in [0.717, 1.165) is 16.9 Å². The quantitative estimate of drug-likeness (QED) is 0.731. The van der Waals surface area contributed by atoms with Crippen molar-refractivity contribution in [2.75, 3.05) is 0 Å². The van der Waals surface area contributed by atoms with Crippen molar-refractivity contribution in [1.82, 2.24) is 10.2 Å². The van der Waals surface area contributed by atoms with E-state index in [-0.39, 0.29) is 9.24 Å². The molecule has 7 heteroatoms. The summed E-state index contributed by atoms with van der Waals surface area (Å²) in [6.45, 7) is 0. The summed E-state index contributed by atoms with van der Waals surface area (Å²) in [6, 6.07) is 15.2. The molecule has 0 aliphatic rings. The summed E-state index contributed by atoms with van der Waals surface area (Å²) in [4.78, 5) is 0.212. The highest BCUT2D eigenvalue weighted by Crippen LogP contribution is 2.29. The van der Waals surface area contributed by atoms with Crippen LogP contribution >= 0.6 is 22.9 Å². The predicted molar refractivity (Wildman–Crippen MR) is 82.2 cm³/mol. The largest absolute Gasteiger partial charge is 0.237 e. The molecule has 0 spiro atoms. The Morgan fingerprint density at radius 2 is 1.57 bits per heavy atom. The van der Waals surface area contributed by atoms with Crippen LogP contribution in [0.2, 0.25) is 5.02 Å². The highest BCUT2D eigenvalue weighted by Gasteiger charge is 2.22. The second kappa shape index (κ2) is 5.55. The Hall–Kier alpha value is -1.76. The molecule has 0 N–H and O–H groups in total. The second-order valence-electron chi connectivity index (χ2n) is 4.20. The smallest absolute Gasteiger partial charge is 0.216 e. The molecule has 0 saturated carbocycles. The Morgan fingerprint density at radius 3 is 2.24 bits per heavy atom. The van der Waals surface area contributed by atoms with Crippen LogP contribution < -0.4 is 0 Å². The van der Waals surface area contributed by atoms with Gasteiger partial charge in [-0.1, -0.05) is 53.3 Å². The van der Waals surface area contributed by atoms with E-state index < -0.39 is 9.84 Å². The monoisotopic (exact) mass is 336 g/mol. The highest BCUT2D eigenvalue weighted by atomic mass is 35.5. The van der Waals surface area contributed by atoms with Crippen LogP contribution in [0, 0.1) is 0 Å². The standard InChI is InChI=1S/C14H9ClN2O2S2/c15-11-8-6-10(7-9-11)13-16-17-14(20-13)21(18,19)12-4-2-1-3-5-12/h1-9H. The van der Waals surface area contributed by atoms with Gasteiger partial charge in [0.25, 0.3) is 0 Å². The van der Waals surface area contributed by atoms with Crippen LogP contribution in [0.1, 0.15) is 0 Å². The average Bonchev–Trinajstić information content (AvgIpc) is 2.99. The Morgan fingerprint density at radius 1 is 0.905 bits per heavy atom. The molecule has 106 valence electrons. The van der Waals surface area contributed by atoms with Gasteiger partial charge in [-0.2, -0.15) is 0 Å². The van der Waals surface area contributed by atoms with E-state index in [2.05, 4.69) is 10.2 Å². The van der Waals surface area contributed by atoms with Gasteiger partial charge in [-0.05, 0) is 24.3 Å². The molecule has 1 heterocycles. The molecule has 2 aromatic carbocycles. The topological polar surface area (TPSA) is 59.9 Å². The molecule has 0 unspecified atom stereocenters. The molecule has 1 aromatic heterocycles. The van der Waals surface area contributed by atoms with Crippen LogP contribution in [0.3, 0.4) is 0 Å². The molecule has 21 heavy (non-hydrogen) atoms. The SMILES string of the molecule is O=S(=O)(c1ccccc1)c1nnc(-c2ccc(Cl)cc2)s1. The minimum atomic E-state index is -3.62. The lowest BCUT2D eigenvalue weighted by Crippen LogP contribution is -2.00. The van der Waals surface area contributed by atoms with Gasteiger partial charge in [-0.3, -0.25) is 0 Å². The molecule has 3 aromatic rings. The molecule has 0 saturated heterocycles. The number of hydrogen-bond acceptors (Lipinski definition) is 5. The first-order valence-corrected chi connectivity index (χ1v) is 8.65. The van der Waals surface area contributed by atoms with Crippen molar-refractivity contribution >= 4 is 32.8 Å². The van der Waals surface area contributed by atoms with Crippen molar-refractivity contribution in [3.05, 3.63) is 59.6 Å². The maximum Gasteiger partial charge on any atom is 0.237 e. The molecule has 0 atom stereocenters. The fourth-order valence-electron chi connectivity index (χ4n) is 1.73. The molecule has 0 bridgehead atoms. The van der Waals surface area contributed by atoms with E-state index in [1.807, 2.05) is 0 Å². The van der Waals surface area contributed by atoms with Crippen LogP contribution in [0.4, 0.5) is 0 Å². The number of halogens is 1. The van der Waals surface area contributed by atoms with Crippen LogP contribution in [0.25, 0.3) is 10.6 Å². The number of hydrogen-bond donors (Lipinski definition) is 0. The van der Waals surface area contributed by atoms with Crippen molar-refractivity contribution in [3.63, 3.8) is 0 Å². The Bertz CT molecular complexity index is 860. The maximum atomic E-state index is 12.4. The van der Waals surface area contributed by atoms with E-state index in [9.17, 15) is 8.42 Å². The Labute approximate surface area is 131 Å². The van der Waals surface area contributed by atoms with Crippen LogP contribution in [-0.2, 0) is 9.84 Å². The fourth-order valence-corrected chi connectivity index (χ4v) is 4.27. The number of sulfone groups is 1. The molecule has 3 rings (SSSR count). The lowest BCUT2D eigenvalue weighted by molar-refractivity contribution is 0.594. The fraction of sp³-hybridized carbons (Fsp3) is 0. The summed E-state index contributed by atoms with van der Waals surface area (Å²) >= 11 is 6.87. The third kappa shape index (κ3) is 2.83. The second-order valence-corrected chi connectivity index (χ2v) is 7.73. The minimum absolute atomic E-state index is 0.0151. The normalized spacial score (nSPS) is 11.5. The predicted octanol–water partition coefficient (Wildman–Crippen LogP) is 3.69. The van der Waals surface area contributed by atoms with Gasteiger partial charge < -0.3 is 0 Å². The van der Waals surface area contributed by atoms with Crippen molar-refractivity contribution in [3.8, 4) is 10.6 Å². The van der Waals surface area contributed by atoms with Gasteiger partial charge in [0.15, 0.2) is 0 Å². The van der Waals surface area contributed by atoms with E-state index >= 15 is 0 Å². The summed E-state index contributed by atoms with van der Waals surface area (Å²) in [5.74, 6) is 0. The number of benzene rings is 2. The molecule has 0 fully saturated rings. The number of rotatable bonds is 3. The summed E-state index contributed by atoms with van der Waals surface area (Å²) in [6.07, 6.45) is 0. The van der Waals surface area contributed by atoms with Crippen molar-refractivity contribution in [1.29, 1.82) is 0 Å². The molecule has 0 radical (unpaired) electrons. The average molecular weight is 337 g/mol. The zero-order chi connectivity index (χ0) is 14.9. The molecule has 0 amide bonds. The summed E-state index contributed by atoms with van der Waals surface area (Å²) in [5, 5.41) is 8.92. The summed E-state index contributed by atoms with van der Waals surface area (Å²) < 4.78 is 24.8. The highest BCUT2D eigenvalue weighted by molar-refractivity contribution is 7.93. The van der Waals surface area contributed by atoms with Crippen molar-refractivity contribution in [2.24, 2.45) is 0 Å². The summed E-state index contributed by atoms with van der Waals surface area (Å²) in [5.41, 5.74) is 0.784. The Kier molecular flexibility index (Phi) is 3.75. The van der Waals surface area contributed by atoms with Gasteiger partial charge in [-0.25, -0.2) is 8.42 Å².